The smallest absolute Gasteiger partial charge is 0.164 e. The number of hydrogen-bond acceptors (Lipinski definition) is 4. The summed E-state index contributed by atoms with van der Waals surface area (Å²) in [6.45, 7) is 5.91. The van der Waals surface area contributed by atoms with Crippen LogP contribution in [0, 0.1) is 5.92 Å². The molecule has 0 aliphatic carbocycles. The Kier molecular flexibility index (Phi) is 5.42. The molecular weight excluding hydrogens is 204 g/mol. The SMILES string of the molecule is COCCC(NCc1ncn(C)n1)C(C)C. The van der Waals surface area contributed by atoms with Crippen LogP contribution in [-0.4, -0.2) is 34.5 Å². The minimum atomic E-state index is 0.448. The molecule has 92 valence electrons. The molecular formula is C11H22N4O. The van der Waals surface area contributed by atoms with E-state index >= 15 is 0 Å². The Labute approximate surface area is 97.2 Å². The molecule has 1 rings (SSSR count). The molecule has 0 spiro atoms. The van der Waals surface area contributed by atoms with Crippen molar-refractivity contribution >= 4 is 0 Å². The highest BCUT2D eigenvalue weighted by Crippen LogP contribution is 2.06. The van der Waals surface area contributed by atoms with Gasteiger partial charge >= 0.3 is 0 Å². The van der Waals surface area contributed by atoms with E-state index < -0.39 is 0 Å². The first-order chi connectivity index (χ1) is 7.63. The maximum absolute atomic E-state index is 5.10. The molecule has 0 aromatic carbocycles. The molecule has 1 aromatic heterocycles. The molecule has 0 aliphatic heterocycles. The molecule has 1 aromatic rings. The van der Waals surface area contributed by atoms with Gasteiger partial charge in [0.25, 0.3) is 0 Å². The summed E-state index contributed by atoms with van der Waals surface area (Å²) in [6, 6.07) is 0.448. The topological polar surface area (TPSA) is 52.0 Å². The Bertz CT molecular complexity index is 298. The average Bonchev–Trinajstić information content (AvgIpc) is 2.64. The molecule has 0 saturated carbocycles. The van der Waals surface area contributed by atoms with E-state index in [0.717, 1.165) is 18.9 Å². The summed E-state index contributed by atoms with van der Waals surface area (Å²) in [6.07, 6.45) is 2.73. The summed E-state index contributed by atoms with van der Waals surface area (Å²) in [5.74, 6) is 1.42. The lowest BCUT2D eigenvalue weighted by Crippen LogP contribution is -2.34. The van der Waals surface area contributed by atoms with Crippen molar-refractivity contribution in [1.82, 2.24) is 20.1 Å². The van der Waals surface area contributed by atoms with E-state index in [0.29, 0.717) is 18.5 Å². The summed E-state index contributed by atoms with van der Waals surface area (Å²) < 4.78 is 6.82. The van der Waals surface area contributed by atoms with Gasteiger partial charge in [-0.1, -0.05) is 13.8 Å². The number of aryl methyl sites for hydroxylation is 1. The number of aromatic nitrogens is 3. The molecule has 0 radical (unpaired) electrons. The predicted molar refractivity (Wildman–Crippen MR) is 63.0 cm³/mol. The second kappa shape index (κ2) is 6.60. The van der Waals surface area contributed by atoms with Crippen molar-refractivity contribution in [3.8, 4) is 0 Å². The van der Waals surface area contributed by atoms with Crippen molar-refractivity contribution in [2.75, 3.05) is 13.7 Å². The molecule has 1 atom stereocenters. The minimum Gasteiger partial charge on any atom is -0.385 e. The molecule has 0 fully saturated rings. The van der Waals surface area contributed by atoms with E-state index in [4.69, 9.17) is 4.74 Å². The van der Waals surface area contributed by atoms with Crippen molar-refractivity contribution in [2.45, 2.75) is 32.9 Å². The van der Waals surface area contributed by atoms with Crippen LogP contribution >= 0.6 is 0 Å². The van der Waals surface area contributed by atoms with Crippen molar-refractivity contribution < 1.29 is 4.74 Å². The quantitative estimate of drug-likeness (QED) is 0.752. The Morgan fingerprint density at radius 1 is 1.50 bits per heavy atom. The van der Waals surface area contributed by atoms with Crippen molar-refractivity contribution in [1.29, 1.82) is 0 Å². The standard InChI is InChI=1S/C11H22N4O/c1-9(2)10(5-6-16-4)12-7-11-13-8-15(3)14-11/h8-10,12H,5-7H2,1-4H3. The van der Waals surface area contributed by atoms with Crippen LogP contribution in [0.3, 0.4) is 0 Å². The van der Waals surface area contributed by atoms with Crippen molar-refractivity contribution in [3.05, 3.63) is 12.2 Å². The normalized spacial score (nSPS) is 13.3. The number of nitrogens with zero attached hydrogens (tertiary/aromatic N) is 3. The molecule has 0 aliphatic rings. The maximum atomic E-state index is 5.10. The van der Waals surface area contributed by atoms with Crippen molar-refractivity contribution in [2.24, 2.45) is 13.0 Å². The molecule has 1 N–H and O–H groups in total. The van der Waals surface area contributed by atoms with Crippen LogP contribution in [0.4, 0.5) is 0 Å². The predicted octanol–water partition coefficient (Wildman–Crippen LogP) is 0.966. The molecule has 5 heteroatoms. The zero-order chi connectivity index (χ0) is 12.0. The maximum Gasteiger partial charge on any atom is 0.164 e. The molecule has 0 saturated heterocycles. The van der Waals surface area contributed by atoms with Crippen LogP contribution in [-0.2, 0) is 18.3 Å². The number of hydrogen-bond donors (Lipinski definition) is 1. The van der Waals surface area contributed by atoms with Gasteiger partial charge in [0, 0.05) is 26.8 Å². The van der Waals surface area contributed by atoms with Crippen LogP contribution in [0.25, 0.3) is 0 Å². The fourth-order valence-electron chi connectivity index (χ4n) is 1.60. The minimum absolute atomic E-state index is 0.448. The third-order valence-corrected chi connectivity index (χ3v) is 2.61. The Hall–Kier alpha value is -0.940. The third-order valence-electron chi connectivity index (χ3n) is 2.61. The third kappa shape index (κ3) is 4.28. The van der Waals surface area contributed by atoms with E-state index in [9.17, 15) is 0 Å². The van der Waals surface area contributed by atoms with E-state index in [1.807, 2.05) is 7.05 Å². The Balaban J connectivity index is 2.37. The van der Waals surface area contributed by atoms with Gasteiger partial charge in [0.05, 0.1) is 6.54 Å². The summed E-state index contributed by atoms with van der Waals surface area (Å²) in [5, 5.41) is 7.70. The fourth-order valence-corrected chi connectivity index (χ4v) is 1.60. The van der Waals surface area contributed by atoms with Gasteiger partial charge in [-0.3, -0.25) is 4.68 Å². The summed E-state index contributed by atoms with van der Waals surface area (Å²) in [7, 11) is 3.61. The monoisotopic (exact) mass is 226 g/mol. The molecule has 1 unspecified atom stereocenters. The van der Waals surface area contributed by atoms with E-state index in [-0.39, 0.29) is 0 Å². The molecule has 5 nitrogen and oxygen atoms in total. The van der Waals surface area contributed by atoms with Crippen LogP contribution in [0.1, 0.15) is 26.1 Å². The molecule has 0 amide bonds. The van der Waals surface area contributed by atoms with Gasteiger partial charge < -0.3 is 10.1 Å². The zero-order valence-corrected chi connectivity index (χ0v) is 10.6. The second-order valence-electron chi connectivity index (χ2n) is 4.35. The zero-order valence-electron chi connectivity index (χ0n) is 10.6. The first-order valence-corrected chi connectivity index (χ1v) is 5.70. The summed E-state index contributed by atoms with van der Waals surface area (Å²) >= 11 is 0. The number of ether oxygens (including phenoxy) is 1. The van der Waals surface area contributed by atoms with Gasteiger partial charge in [0.2, 0.25) is 0 Å². The van der Waals surface area contributed by atoms with Gasteiger partial charge in [-0.2, -0.15) is 5.10 Å². The van der Waals surface area contributed by atoms with Crippen molar-refractivity contribution in [3.63, 3.8) is 0 Å². The lowest BCUT2D eigenvalue weighted by atomic mass is 10.0. The lowest BCUT2D eigenvalue weighted by molar-refractivity contribution is 0.173. The van der Waals surface area contributed by atoms with Gasteiger partial charge in [-0.15, -0.1) is 0 Å². The van der Waals surface area contributed by atoms with E-state index in [1.54, 1.807) is 18.1 Å². The summed E-state index contributed by atoms with van der Waals surface area (Å²) in [5.41, 5.74) is 0. The largest absolute Gasteiger partial charge is 0.385 e. The summed E-state index contributed by atoms with van der Waals surface area (Å²) in [4.78, 5) is 4.19. The van der Waals surface area contributed by atoms with Crippen LogP contribution < -0.4 is 5.32 Å². The Morgan fingerprint density at radius 3 is 2.75 bits per heavy atom. The lowest BCUT2D eigenvalue weighted by Gasteiger charge is -2.21. The van der Waals surface area contributed by atoms with Crippen LogP contribution in [0.2, 0.25) is 0 Å². The van der Waals surface area contributed by atoms with E-state index in [1.165, 1.54) is 0 Å². The van der Waals surface area contributed by atoms with Gasteiger partial charge in [-0.25, -0.2) is 4.98 Å². The fraction of sp³-hybridized carbons (Fsp3) is 0.818. The molecule has 1 heterocycles. The average molecular weight is 226 g/mol. The Morgan fingerprint density at radius 2 is 2.25 bits per heavy atom. The first kappa shape index (κ1) is 13.1. The van der Waals surface area contributed by atoms with Gasteiger partial charge in [0.15, 0.2) is 5.82 Å². The number of nitrogens with one attached hydrogen (secondary N) is 1. The van der Waals surface area contributed by atoms with Crippen LogP contribution in [0.15, 0.2) is 6.33 Å². The molecule has 0 bridgehead atoms. The molecule has 16 heavy (non-hydrogen) atoms. The van der Waals surface area contributed by atoms with Gasteiger partial charge in [-0.05, 0) is 12.3 Å². The van der Waals surface area contributed by atoms with Gasteiger partial charge in [0.1, 0.15) is 6.33 Å². The second-order valence-corrected chi connectivity index (χ2v) is 4.35. The highest BCUT2D eigenvalue weighted by Gasteiger charge is 2.13. The highest BCUT2D eigenvalue weighted by molar-refractivity contribution is 4.82. The van der Waals surface area contributed by atoms with Crippen LogP contribution in [0.5, 0.6) is 0 Å². The first-order valence-electron chi connectivity index (χ1n) is 5.70. The van der Waals surface area contributed by atoms with E-state index in [2.05, 4.69) is 29.2 Å². The highest BCUT2D eigenvalue weighted by atomic mass is 16.5. The number of rotatable bonds is 7. The number of methoxy groups -OCH3 is 1.